The van der Waals surface area contributed by atoms with Crippen LogP contribution in [0.25, 0.3) is 0 Å². The molecule has 1 aromatic heterocycles. The van der Waals surface area contributed by atoms with Crippen LogP contribution in [0.3, 0.4) is 0 Å². The van der Waals surface area contributed by atoms with Crippen molar-refractivity contribution in [3.63, 3.8) is 0 Å². The molecular formula is C10H8Cl2N2OS. The summed E-state index contributed by atoms with van der Waals surface area (Å²) in [4.78, 5) is 0.721. The van der Waals surface area contributed by atoms with Gasteiger partial charge in [0.2, 0.25) is 0 Å². The lowest BCUT2D eigenvalue weighted by atomic mass is 10.1. The molecule has 0 aliphatic rings. The van der Waals surface area contributed by atoms with Gasteiger partial charge < -0.3 is 5.11 Å². The Bertz CT molecular complexity index is 515. The van der Waals surface area contributed by atoms with Gasteiger partial charge in [0.15, 0.2) is 0 Å². The Kier molecular flexibility index (Phi) is 3.44. The number of nitrogens with zero attached hydrogens (tertiary/aromatic N) is 2. The first-order valence-electron chi connectivity index (χ1n) is 4.51. The normalized spacial score (nSPS) is 12.8. The summed E-state index contributed by atoms with van der Waals surface area (Å²) in [7, 11) is 0. The number of aromatic nitrogens is 2. The van der Waals surface area contributed by atoms with E-state index in [0.29, 0.717) is 15.6 Å². The number of hydrogen-bond acceptors (Lipinski definition) is 4. The average molecular weight is 275 g/mol. The minimum Gasteiger partial charge on any atom is -0.383 e. The molecule has 0 fully saturated rings. The standard InChI is InChI=1S/C10H8Cl2N2OS/c1-5-10(16-14-13-5)9(15)6-2-3-7(11)8(12)4-6/h2-4,9,15H,1H3. The van der Waals surface area contributed by atoms with Gasteiger partial charge in [0.05, 0.1) is 20.6 Å². The zero-order valence-electron chi connectivity index (χ0n) is 8.32. The van der Waals surface area contributed by atoms with E-state index >= 15 is 0 Å². The highest BCUT2D eigenvalue weighted by Gasteiger charge is 2.17. The van der Waals surface area contributed by atoms with Gasteiger partial charge in [0.1, 0.15) is 6.10 Å². The molecule has 0 aliphatic heterocycles. The fourth-order valence-electron chi connectivity index (χ4n) is 1.32. The number of hydrogen-bond donors (Lipinski definition) is 1. The van der Waals surface area contributed by atoms with Crippen LogP contribution in [-0.2, 0) is 0 Å². The van der Waals surface area contributed by atoms with E-state index < -0.39 is 6.10 Å². The van der Waals surface area contributed by atoms with Gasteiger partial charge in [0, 0.05) is 0 Å². The molecular weight excluding hydrogens is 267 g/mol. The van der Waals surface area contributed by atoms with E-state index in [1.807, 2.05) is 0 Å². The van der Waals surface area contributed by atoms with Crippen molar-refractivity contribution in [2.24, 2.45) is 0 Å². The van der Waals surface area contributed by atoms with E-state index in [-0.39, 0.29) is 0 Å². The smallest absolute Gasteiger partial charge is 0.117 e. The van der Waals surface area contributed by atoms with E-state index in [1.165, 1.54) is 11.5 Å². The zero-order valence-corrected chi connectivity index (χ0v) is 10.6. The van der Waals surface area contributed by atoms with Gasteiger partial charge in [-0.2, -0.15) is 0 Å². The molecule has 0 saturated heterocycles. The number of benzene rings is 1. The van der Waals surface area contributed by atoms with Gasteiger partial charge >= 0.3 is 0 Å². The summed E-state index contributed by atoms with van der Waals surface area (Å²) in [6, 6.07) is 5.04. The Labute approximate surface area is 107 Å². The first-order valence-corrected chi connectivity index (χ1v) is 6.04. The number of aryl methyl sites for hydroxylation is 1. The third-order valence-electron chi connectivity index (χ3n) is 2.19. The van der Waals surface area contributed by atoms with Crippen molar-refractivity contribution in [1.82, 2.24) is 9.59 Å². The Hall–Kier alpha value is -0.680. The Morgan fingerprint density at radius 1 is 1.31 bits per heavy atom. The van der Waals surface area contributed by atoms with Crippen LogP contribution in [0.1, 0.15) is 22.2 Å². The van der Waals surface area contributed by atoms with Crippen LogP contribution in [0.4, 0.5) is 0 Å². The maximum Gasteiger partial charge on any atom is 0.117 e. The molecule has 0 radical (unpaired) electrons. The predicted octanol–water partition coefficient (Wildman–Crippen LogP) is 3.24. The quantitative estimate of drug-likeness (QED) is 0.915. The van der Waals surface area contributed by atoms with Gasteiger partial charge in [-0.1, -0.05) is 33.8 Å². The minimum absolute atomic E-state index is 0.424. The predicted molar refractivity (Wildman–Crippen MR) is 65.2 cm³/mol. The molecule has 2 aromatic rings. The monoisotopic (exact) mass is 274 g/mol. The highest BCUT2D eigenvalue weighted by molar-refractivity contribution is 7.05. The van der Waals surface area contributed by atoms with Crippen LogP contribution in [-0.4, -0.2) is 14.7 Å². The number of aliphatic hydroxyl groups is 1. The lowest BCUT2D eigenvalue weighted by molar-refractivity contribution is 0.223. The summed E-state index contributed by atoms with van der Waals surface area (Å²) in [5, 5.41) is 14.9. The van der Waals surface area contributed by atoms with Gasteiger partial charge in [-0.25, -0.2) is 0 Å². The maximum absolute atomic E-state index is 10.1. The zero-order chi connectivity index (χ0) is 11.7. The minimum atomic E-state index is -0.755. The molecule has 1 aromatic carbocycles. The highest BCUT2D eigenvalue weighted by Crippen LogP contribution is 2.30. The number of rotatable bonds is 2. The molecule has 0 spiro atoms. The van der Waals surface area contributed by atoms with Crippen molar-refractivity contribution in [3.05, 3.63) is 44.4 Å². The summed E-state index contributed by atoms with van der Waals surface area (Å²) in [6.45, 7) is 1.81. The second-order valence-electron chi connectivity index (χ2n) is 3.30. The largest absolute Gasteiger partial charge is 0.383 e. The van der Waals surface area contributed by atoms with Crippen LogP contribution in [0.15, 0.2) is 18.2 Å². The van der Waals surface area contributed by atoms with Crippen molar-refractivity contribution in [2.75, 3.05) is 0 Å². The van der Waals surface area contributed by atoms with Crippen molar-refractivity contribution in [2.45, 2.75) is 13.0 Å². The molecule has 1 N–H and O–H groups in total. The van der Waals surface area contributed by atoms with E-state index in [0.717, 1.165) is 10.6 Å². The third-order valence-corrected chi connectivity index (χ3v) is 3.81. The second kappa shape index (κ2) is 4.67. The fraction of sp³-hybridized carbons (Fsp3) is 0.200. The fourth-order valence-corrected chi connectivity index (χ4v) is 2.29. The number of aliphatic hydroxyl groups excluding tert-OH is 1. The summed E-state index contributed by atoms with van der Waals surface area (Å²) < 4.78 is 3.78. The molecule has 84 valence electrons. The van der Waals surface area contributed by atoms with Crippen molar-refractivity contribution in [3.8, 4) is 0 Å². The van der Waals surface area contributed by atoms with E-state index in [9.17, 15) is 5.11 Å². The summed E-state index contributed by atoms with van der Waals surface area (Å²) in [5.41, 5.74) is 1.41. The van der Waals surface area contributed by atoms with Crippen molar-refractivity contribution < 1.29 is 5.11 Å². The molecule has 0 saturated carbocycles. The molecule has 2 rings (SSSR count). The van der Waals surface area contributed by atoms with Crippen molar-refractivity contribution >= 4 is 34.7 Å². The van der Waals surface area contributed by atoms with E-state index in [2.05, 4.69) is 9.59 Å². The molecule has 0 aliphatic carbocycles. The molecule has 6 heteroatoms. The Morgan fingerprint density at radius 2 is 2.06 bits per heavy atom. The van der Waals surface area contributed by atoms with Crippen molar-refractivity contribution in [1.29, 1.82) is 0 Å². The lowest BCUT2D eigenvalue weighted by Gasteiger charge is -2.09. The molecule has 0 bridgehead atoms. The highest BCUT2D eigenvalue weighted by atomic mass is 35.5. The average Bonchev–Trinajstić information content (AvgIpc) is 2.67. The van der Waals surface area contributed by atoms with Gasteiger partial charge in [-0.15, -0.1) is 5.10 Å². The molecule has 16 heavy (non-hydrogen) atoms. The van der Waals surface area contributed by atoms with E-state index in [4.69, 9.17) is 23.2 Å². The second-order valence-corrected chi connectivity index (χ2v) is 4.90. The van der Waals surface area contributed by atoms with Gasteiger partial charge in [-0.05, 0) is 36.2 Å². The lowest BCUT2D eigenvalue weighted by Crippen LogP contribution is -1.99. The first-order chi connectivity index (χ1) is 7.59. The summed E-state index contributed by atoms with van der Waals surface area (Å²) in [6.07, 6.45) is -0.755. The first kappa shape index (κ1) is 11.8. The van der Waals surface area contributed by atoms with Gasteiger partial charge in [-0.3, -0.25) is 0 Å². The molecule has 1 atom stereocenters. The van der Waals surface area contributed by atoms with Gasteiger partial charge in [0.25, 0.3) is 0 Å². The van der Waals surface area contributed by atoms with Crippen LogP contribution in [0.5, 0.6) is 0 Å². The van der Waals surface area contributed by atoms with Crippen LogP contribution < -0.4 is 0 Å². The third kappa shape index (κ3) is 2.20. The van der Waals surface area contributed by atoms with Crippen LogP contribution in [0, 0.1) is 6.92 Å². The Morgan fingerprint density at radius 3 is 2.62 bits per heavy atom. The summed E-state index contributed by atoms with van der Waals surface area (Å²) in [5.74, 6) is 0. The van der Waals surface area contributed by atoms with Crippen LogP contribution >= 0.6 is 34.7 Å². The molecule has 0 amide bonds. The summed E-state index contributed by atoms with van der Waals surface area (Å²) >= 11 is 12.9. The topological polar surface area (TPSA) is 46.0 Å². The molecule has 1 unspecified atom stereocenters. The van der Waals surface area contributed by atoms with E-state index in [1.54, 1.807) is 25.1 Å². The Balaban J connectivity index is 2.38. The maximum atomic E-state index is 10.1. The molecule has 3 nitrogen and oxygen atoms in total. The van der Waals surface area contributed by atoms with Crippen LogP contribution in [0.2, 0.25) is 10.0 Å². The SMILES string of the molecule is Cc1nnsc1C(O)c1ccc(Cl)c(Cl)c1. The number of halogens is 2. The molecule has 1 heterocycles.